The molecule has 0 bridgehead atoms. The molecule has 0 saturated carbocycles. The highest BCUT2D eigenvalue weighted by Gasteiger charge is 2.42. The summed E-state index contributed by atoms with van der Waals surface area (Å²) < 4.78 is 12.7. The third kappa shape index (κ3) is 3.95. The smallest absolute Gasteiger partial charge is 0.174 e. The van der Waals surface area contributed by atoms with Crippen molar-refractivity contribution in [3.63, 3.8) is 0 Å². The Balaban J connectivity index is 1.92. The van der Waals surface area contributed by atoms with E-state index < -0.39 is 0 Å². The zero-order chi connectivity index (χ0) is 22.1. The summed E-state index contributed by atoms with van der Waals surface area (Å²) in [5.74, 6) is 1.29. The van der Waals surface area contributed by atoms with Crippen LogP contribution in [-0.4, -0.2) is 36.7 Å². The van der Waals surface area contributed by atoms with E-state index >= 15 is 0 Å². The van der Waals surface area contributed by atoms with Crippen LogP contribution in [-0.2, 0) is 9.59 Å². The number of allylic oxidation sites excluding steroid dienone is 4. The van der Waals surface area contributed by atoms with Crippen molar-refractivity contribution in [1.82, 2.24) is 4.90 Å². The molecule has 1 aromatic rings. The molecule has 5 nitrogen and oxygen atoms in total. The number of hydrogen-bond acceptors (Lipinski definition) is 5. The van der Waals surface area contributed by atoms with Crippen LogP contribution in [0.4, 0.5) is 0 Å². The first kappa shape index (κ1) is 22.1. The van der Waals surface area contributed by atoms with Gasteiger partial charge in [-0.25, -0.2) is 0 Å². The van der Waals surface area contributed by atoms with Gasteiger partial charge >= 0.3 is 0 Å². The highest BCUT2D eigenvalue weighted by atomic mass is 127. The minimum absolute atomic E-state index is 0.156. The molecule has 0 unspecified atom stereocenters. The van der Waals surface area contributed by atoms with Gasteiger partial charge < -0.3 is 14.4 Å². The average molecular weight is 533 g/mol. The molecule has 4 rings (SSSR count). The molecule has 0 saturated heterocycles. The summed E-state index contributed by atoms with van der Waals surface area (Å²) in [6, 6.07) is 4.00. The molecule has 0 amide bonds. The van der Waals surface area contributed by atoms with Crippen molar-refractivity contribution in [2.45, 2.75) is 51.4 Å². The van der Waals surface area contributed by atoms with Crippen molar-refractivity contribution in [2.75, 3.05) is 20.3 Å². The van der Waals surface area contributed by atoms with E-state index in [2.05, 4.69) is 34.1 Å². The second kappa shape index (κ2) is 9.18. The highest BCUT2D eigenvalue weighted by molar-refractivity contribution is 14.1. The van der Waals surface area contributed by atoms with Crippen molar-refractivity contribution in [3.05, 3.63) is 56.5 Å². The van der Waals surface area contributed by atoms with Crippen LogP contribution in [0.15, 0.2) is 47.3 Å². The molecule has 1 aliphatic heterocycles. The number of ketones is 2. The minimum Gasteiger partial charge on any atom is -0.490 e. The quantitative estimate of drug-likeness (QED) is 0.367. The Bertz CT molecular complexity index is 963. The van der Waals surface area contributed by atoms with E-state index in [4.69, 9.17) is 9.47 Å². The lowest BCUT2D eigenvalue weighted by atomic mass is 9.71. The van der Waals surface area contributed by atoms with Gasteiger partial charge in [-0.15, -0.1) is 0 Å². The van der Waals surface area contributed by atoms with Crippen LogP contribution in [0.3, 0.4) is 0 Å². The van der Waals surface area contributed by atoms with Crippen molar-refractivity contribution >= 4 is 34.2 Å². The fourth-order valence-electron chi connectivity index (χ4n) is 4.99. The molecule has 31 heavy (non-hydrogen) atoms. The third-order valence-corrected chi connectivity index (χ3v) is 7.06. The normalized spacial score (nSPS) is 19.4. The zero-order valence-electron chi connectivity index (χ0n) is 18.1. The van der Waals surface area contributed by atoms with Gasteiger partial charge in [-0.2, -0.15) is 0 Å². The van der Waals surface area contributed by atoms with Gasteiger partial charge in [0.05, 0.1) is 10.2 Å². The molecule has 1 aromatic carbocycles. The van der Waals surface area contributed by atoms with Gasteiger partial charge in [-0.3, -0.25) is 9.59 Å². The molecule has 164 valence electrons. The SMILES string of the molecule is C=CCOc1c(I)cc(C2C3=C(CCCC3=O)N(C)C3=C2C(=O)CCC3)cc1OCC. The minimum atomic E-state index is -0.331. The molecule has 0 aromatic heterocycles. The van der Waals surface area contributed by atoms with Crippen molar-refractivity contribution in [2.24, 2.45) is 0 Å². The molecule has 2 aliphatic carbocycles. The highest BCUT2D eigenvalue weighted by Crippen LogP contribution is 2.50. The van der Waals surface area contributed by atoms with Crippen LogP contribution in [0.1, 0.15) is 56.9 Å². The van der Waals surface area contributed by atoms with E-state index in [-0.39, 0.29) is 17.5 Å². The number of carbonyl (C=O) groups is 2. The van der Waals surface area contributed by atoms with E-state index in [1.165, 1.54) is 0 Å². The molecule has 0 atom stereocenters. The maximum Gasteiger partial charge on any atom is 0.174 e. The van der Waals surface area contributed by atoms with Gasteiger partial charge in [-0.05, 0) is 72.9 Å². The maximum atomic E-state index is 13.2. The molecular weight excluding hydrogens is 505 g/mol. The molecule has 0 radical (unpaired) electrons. The Hall–Kier alpha value is -2.09. The van der Waals surface area contributed by atoms with Gasteiger partial charge in [-0.1, -0.05) is 12.7 Å². The summed E-state index contributed by atoms with van der Waals surface area (Å²) in [5, 5.41) is 0. The van der Waals surface area contributed by atoms with Crippen molar-refractivity contribution < 1.29 is 19.1 Å². The van der Waals surface area contributed by atoms with E-state index in [1.807, 2.05) is 26.1 Å². The van der Waals surface area contributed by atoms with Gasteiger partial charge in [0, 0.05) is 48.3 Å². The average Bonchev–Trinajstić information content (AvgIpc) is 2.75. The Kier molecular flexibility index (Phi) is 6.55. The molecule has 6 heteroatoms. The first-order chi connectivity index (χ1) is 15.0. The second-order valence-electron chi connectivity index (χ2n) is 8.13. The molecule has 1 heterocycles. The second-order valence-corrected chi connectivity index (χ2v) is 9.29. The number of Topliss-reactive ketones (excluding diaryl/α,β-unsaturated/α-hetero) is 2. The molecule has 3 aliphatic rings. The van der Waals surface area contributed by atoms with Crippen molar-refractivity contribution in [1.29, 1.82) is 0 Å². The van der Waals surface area contributed by atoms with Gasteiger partial charge in [0.1, 0.15) is 6.61 Å². The molecule has 0 N–H and O–H groups in total. The van der Waals surface area contributed by atoms with Crippen LogP contribution < -0.4 is 9.47 Å². The van der Waals surface area contributed by atoms with E-state index in [0.29, 0.717) is 37.6 Å². The monoisotopic (exact) mass is 533 g/mol. The Morgan fingerprint density at radius 3 is 2.23 bits per heavy atom. The van der Waals surface area contributed by atoms with Gasteiger partial charge in [0.25, 0.3) is 0 Å². The fourth-order valence-corrected chi connectivity index (χ4v) is 5.77. The van der Waals surface area contributed by atoms with E-state index in [0.717, 1.165) is 57.4 Å². The molecule has 0 fully saturated rings. The summed E-state index contributed by atoms with van der Waals surface area (Å²) in [6.07, 6.45) is 6.24. The standard InChI is InChI=1S/C25H28INO4/c1-4-12-31-25-16(26)13-15(14-21(25)30-5-2)22-23-17(8-6-10-19(23)28)27(3)18-9-7-11-20(29)24(18)22/h4,13-14,22H,1,5-12H2,2-3H3. The first-order valence-electron chi connectivity index (χ1n) is 10.9. The van der Waals surface area contributed by atoms with Gasteiger partial charge in [0.15, 0.2) is 23.1 Å². The Morgan fingerprint density at radius 1 is 1.06 bits per heavy atom. The lowest BCUT2D eigenvalue weighted by Crippen LogP contribution is -2.37. The lowest BCUT2D eigenvalue weighted by Gasteiger charge is -2.42. The van der Waals surface area contributed by atoms with E-state index in [9.17, 15) is 9.59 Å². The molecular formula is C25H28INO4. The Morgan fingerprint density at radius 2 is 1.68 bits per heavy atom. The summed E-state index contributed by atoms with van der Waals surface area (Å²) in [7, 11) is 2.01. The van der Waals surface area contributed by atoms with Crippen LogP contribution in [0.5, 0.6) is 11.5 Å². The van der Waals surface area contributed by atoms with E-state index in [1.54, 1.807) is 6.08 Å². The number of rotatable bonds is 6. The largest absolute Gasteiger partial charge is 0.490 e. The topological polar surface area (TPSA) is 55.8 Å². The maximum absolute atomic E-state index is 13.2. The van der Waals surface area contributed by atoms with Crippen LogP contribution >= 0.6 is 22.6 Å². The summed E-state index contributed by atoms with van der Waals surface area (Å²) in [5.41, 5.74) is 4.67. The van der Waals surface area contributed by atoms with Crippen LogP contribution in [0.25, 0.3) is 0 Å². The number of benzene rings is 1. The van der Waals surface area contributed by atoms with Crippen LogP contribution in [0.2, 0.25) is 0 Å². The predicted molar refractivity (Wildman–Crippen MR) is 128 cm³/mol. The number of halogens is 1. The number of nitrogens with zero attached hydrogens (tertiary/aromatic N) is 1. The fraction of sp³-hybridized carbons (Fsp3) is 0.440. The lowest BCUT2D eigenvalue weighted by molar-refractivity contribution is -0.117. The summed E-state index contributed by atoms with van der Waals surface area (Å²) in [6.45, 7) is 6.54. The predicted octanol–water partition coefficient (Wildman–Crippen LogP) is 5.30. The summed E-state index contributed by atoms with van der Waals surface area (Å²) >= 11 is 2.25. The zero-order valence-corrected chi connectivity index (χ0v) is 20.3. The number of hydrogen-bond donors (Lipinski definition) is 0. The molecule has 0 spiro atoms. The Labute approximate surface area is 197 Å². The van der Waals surface area contributed by atoms with Crippen LogP contribution in [0, 0.1) is 3.57 Å². The van der Waals surface area contributed by atoms with Crippen molar-refractivity contribution in [3.8, 4) is 11.5 Å². The number of ether oxygens (including phenoxy) is 2. The number of carbonyl (C=O) groups excluding carboxylic acids is 2. The van der Waals surface area contributed by atoms with Gasteiger partial charge in [0.2, 0.25) is 0 Å². The third-order valence-electron chi connectivity index (χ3n) is 6.26. The first-order valence-corrected chi connectivity index (χ1v) is 12.0. The summed E-state index contributed by atoms with van der Waals surface area (Å²) in [4.78, 5) is 28.4.